The Hall–Kier alpha value is -2.29. The zero-order valence-electron chi connectivity index (χ0n) is 15.8. The summed E-state index contributed by atoms with van der Waals surface area (Å²) in [7, 11) is 2.00. The van der Waals surface area contributed by atoms with Crippen molar-refractivity contribution in [2.24, 2.45) is 0 Å². The van der Waals surface area contributed by atoms with E-state index in [1.807, 2.05) is 11.9 Å². The van der Waals surface area contributed by atoms with Gasteiger partial charge in [-0.15, -0.1) is 0 Å². The Morgan fingerprint density at radius 2 is 1.88 bits per heavy atom. The summed E-state index contributed by atoms with van der Waals surface area (Å²) in [6, 6.07) is 15.3. The van der Waals surface area contributed by atoms with Gasteiger partial charge in [0.15, 0.2) is 0 Å². The van der Waals surface area contributed by atoms with Crippen molar-refractivity contribution in [3.05, 3.63) is 59.2 Å². The number of nitrogens with zero attached hydrogens (tertiary/aromatic N) is 2. The van der Waals surface area contributed by atoms with Crippen LogP contribution in [0, 0.1) is 5.41 Å². The first-order chi connectivity index (χ1) is 12.0. The van der Waals surface area contributed by atoms with Gasteiger partial charge >= 0.3 is 0 Å². The van der Waals surface area contributed by atoms with Crippen molar-refractivity contribution in [3.63, 3.8) is 0 Å². The van der Waals surface area contributed by atoms with Gasteiger partial charge in [0.1, 0.15) is 0 Å². The van der Waals surface area contributed by atoms with Crippen molar-refractivity contribution in [2.75, 3.05) is 16.8 Å². The van der Waals surface area contributed by atoms with Crippen LogP contribution in [0.2, 0.25) is 0 Å². The van der Waals surface area contributed by atoms with Crippen molar-refractivity contribution in [1.29, 1.82) is 5.41 Å². The van der Waals surface area contributed by atoms with Gasteiger partial charge in [-0.3, -0.25) is 5.41 Å². The fraction of sp³-hybridized carbons (Fsp3) is 0.409. The number of anilines is 2. The van der Waals surface area contributed by atoms with Gasteiger partial charge in [0.05, 0.1) is 0 Å². The average molecular weight is 335 g/mol. The highest BCUT2D eigenvalue weighted by Crippen LogP contribution is 2.33. The summed E-state index contributed by atoms with van der Waals surface area (Å²) in [5.41, 5.74) is 6.45. The molecular weight excluding hydrogens is 306 g/mol. The van der Waals surface area contributed by atoms with Gasteiger partial charge in [0.2, 0.25) is 5.96 Å². The Kier molecular flexibility index (Phi) is 5.12. The Balaban J connectivity index is 1.95. The second-order valence-corrected chi connectivity index (χ2v) is 7.14. The molecule has 3 nitrogen and oxygen atoms in total. The molecule has 0 fully saturated rings. The molecule has 0 radical (unpaired) electrons. The van der Waals surface area contributed by atoms with Crippen LogP contribution in [0.1, 0.15) is 43.9 Å². The number of rotatable bonds is 4. The van der Waals surface area contributed by atoms with E-state index in [2.05, 4.69) is 68.1 Å². The normalized spacial score (nSPS) is 13.0. The van der Waals surface area contributed by atoms with Crippen molar-refractivity contribution in [1.82, 2.24) is 0 Å². The van der Waals surface area contributed by atoms with Crippen molar-refractivity contribution >= 4 is 17.3 Å². The molecule has 1 aliphatic rings. The summed E-state index contributed by atoms with van der Waals surface area (Å²) >= 11 is 0. The van der Waals surface area contributed by atoms with E-state index in [1.54, 1.807) is 0 Å². The zero-order valence-corrected chi connectivity index (χ0v) is 15.8. The lowest BCUT2D eigenvalue weighted by Gasteiger charge is -2.35. The second-order valence-electron chi connectivity index (χ2n) is 7.14. The number of guanidine groups is 1. The van der Waals surface area contributed by atoms with Crippen LogP contribution in [0.25, 0.3) is 0 Å². The molecule has 0 bridgehead atoms. The van der Waals surface area contributed by atoms with E-state index in [0.717, 1.165) is 24.9 Å². The van der Waals surface area contributed by atoms with Crippen molar-refractivity contribution < 1.29 is 0 Å². The number of nitrogens with one attached hydrogen (secondary N) is 1. The molecule has 1 aliphatic carbocycles. The van der Waals surface area contributed by atoms with Crippen LogP contribution in [-0.2, 0) is 19.3 Å². The lowest BCUT2D eigenvalue weighted by Crippen LogP contribution is -2.46. The van der Waals surface area contributed by atoms with Gasteiger partial charge in [-0.05, 0) is 74.4 Å². The molecule has 25 heavy (non-hydrogen) atoms. The number of benzene rings is 2. The summed E-state index contributed by atoms with van der Waals surface area (Å²) in [6.07, 6.45) is 4.52. The molecule has 0 saturated carbocycles. The quantitative estimate of drug-likeness (QED) is 0.628. The lowest BCUT2D eigenvalue weighted by atomic mass is 10.1. The zero-order chi connectivity index (χ0) is 18.0. The Morgan fingerprint density at radius 1 is 1.12 bits per heavy atom. The highest BCUT2D eigenvalue weighted by atomic mass is 15.4. The first kappa shape index (κ1) is 17.5. The first-order valence-electron chi connectivity index (χ1n) is 9.34. The summed E-state index contributed by atoms with van der Waals surface area (Å²) in [4.78, 5) is 4.16. The van der Waals surface area contributed by atoms with Crippen LogP contribution in [-0.4, -0.2) is 19.0 Å². The molecule has 0 saturated heterocycles. The molecule has 0 unspecified atom stereocenters. The maximum Gasteiger partial charge on any atom is 0.202 e. The predicted octanol–water partition coefficient (Wildman–Crippen LogP) is 5.02. The molecule has 2 aromatic carbocycles. The summed E-state index contributed by atoms with van der Waals surface area (Å²) < 4.78 is 0. The third kappa shape index (κ3) is 3.41. The first-order valence-corrected chi connectivity index (χ1v) is 9.34. The van der Waals surface area contributed by atoms with E-state index in [1.165, 1.54) is 28.8 Å². The van der Waals surface area contributed by atoms with E-state index in [9.17, 15) is 0 Å². The van der Waals surface area contributed by atoms with E-state index < -0.39 is 0 Å². The number of hydrogen-bond acceptors (Lipinski definition) is 1. The van der Waals surface area contributed by atoms with E-state index in [0.29, 0.717) is 5.96 Å². The molecule has 132 valence electrons. The van der Waals surface area contributed by atoms with Gasteiger partial charge < -0.3 is 9.80 Å². The molecule has 0 heterocycles. The molecule has 0 aliphatic heterocycles. The number of hydrogen-bond donors (Lipinski definition) is 1. The van der Waals surface area contributed by atoms with Gasteiger partial charge in [-0.1, -0.05) is 31.2 Å². The Labute approximate surface area is 151 Å². The number of fused-ring (bicyclic) bond motifs is 1. The van der Waals surface area contributed by atoms with Gasteiger partial charge in [0, 0.05) is 24.5 Å². The fourth-order valence-electron chi connectivity index (χ4n) is 3.73. The van der Waals surface area contributed by atoms with Gasteiger partial charge in [-0.25, -0.2) is 0 Å². The highest BCUT2D eigenvalue weighted by Gasteiger charge is 2.25. The van der Waals surface area contributed by atoms with E-state index in [-0.39, 0.29) is 6.04 Å². The smallest absolute Gasteiger partial charge is 0.202 e. The summed E-state index contributed by atoms with van der Waals surface area (Å²) in [6.45, 7) is 6.50. The molecule has 0 aromatic heterocycles. The molecule has 3 rings (SSSR count). The van der Waals surface area contributed by atoms with Crippen LogP contribution in [0.5, 0.6) is 0 Å². The SMILES string of the molecule is CCc1cccc(N(C)C(=N)N(c2cccc3c2CCC3)C(C)C)c1. The summed E-state index contributed by atoms with van der Waals surface area (Å²) in [5.74, 6) is 0.531. The Bertz CT molecular complexity index is 764. The standard InChI is InChI=1S/C22H29N3/c1-5-17-9-6-12-19(15-17)24(4)22(23)25(16(2)3)21-14-8-11-18-10-7-13-20(18)21/h6,8-9,11-12,14-16,23H,5,7,10,13H2,1-4H3. The Morgan fingerprint density at radius 3 is 2.60 bits per heavy atom. The minimum absolute atomic E-state index is 0.233. The molecule has 0 spiro atoms. The summed E-state index contributed by atoms with van der Waals surface area (Å²) in [5, 5.41) is 8.90. The molecule has 0 amide bonds. The van der Waals surface area contributed by atoms with Crippen LogP contribution < -0.4 is 9.80 Å². The molecule has 3 heteroatoms. The van der Waals surface area contributed by atoms with E-state index >= 15 is 0 Å². The average Bonchev–Trinajstić information content (AvgIpc) is 3.10. The van der Waals surface area contributed by atoms with Crippen LogP contribution in [0.3, 0.4) is 0 Å². The van der Waals surface area contributed by atoms with Crippen LogP contribution in [0.4, 0.5) is 11.4 Å². The minimum atomic E-state index is 0.233. The monoisotopic (exact) mass is 335 g/mol. The third-order valence-corrected chi connectivity index (χ3v) is 5.15. The molecule has 2 aromatic rings. The van der Waals surface area contributed by atoms with Gasteiger partial charge in [-0.2, -0.15) is 0 Å². The second kappa shape index (κ2) is 7.30. The lowest BCUT2D eigenvalue weighted by molar-refractivity contribution is 0.788. The molecule has 1 N–H and O–H groups in total. The molecular formula is C22H29N3. The van der Waals surface area contributed by atoms with Crippen molar-refractivity contribution in [2.45, 2.75) is 52.5 Å². The van der Waals surface area contributed by atoms with E-state index in [4.69, 9.17) is 5.41 Å². The van der Waals surface area contributed by atoms with Crippen molar-refractivity contribution in [3.8, 4) is 0 Å². The third-order valence-electron chi connectivity index (χ3n) is 5.15. The topological polar surface area (TPSA) is 30.3 Å². The van der Waals surface area contributed by atoms with Crippen LogP contribution in [0.15, 0.2) is 42.5 Å². The maximum absolute atomic E-state index is 8.90. The highest BCUT2D eigenvalue weighted by molar-refractivity contribution is 6.05. The predicted molar refractivity (Wildman–Crippen MR) is 108 cm³/mol. The fourth-order valence-corrected chi connectivity index (χ4v) is 3.73. The maximum atomic E-state index is 8.90. The van der Waals surface area contributed by atoms with Gasteiger partial charge in [0.25, 0.3) is 0 Å². The van der Waals surface area contributed by atoms with Crippen LogP contribution >= 0.6 is 0 Å². The number of aryl methyl sites for hydroxylation is 2. The minimum Gasteiger partial charge on any atom is -0.316 e. The largest absolute Gasteiger partial charge is 0.316 e. The molecule has 0 atom stereocenters.